The molecule has 1 aliphatic heterocycles. The molecule has 2 heterocycles. The van der Waals surface area contributed by atoms with Gasteiger partial charge < -0.3 is 10.2 Å². The molecule has 21 heavy (non-hydrogen) atoms. The van der Waals surface area contributed by atoms with Gasteiger partial charge in [0.15, 0.2) is 0 Å². The van der Waals surface area contributed by atoms with Crippen LogP contribution in [0.15, 0.2) is 15.5 Å². The zero-order valence-corrected chi connectivity index (χ0v) is 14.1. The van der Waals surface area contributed by atoms with E-state index < -0.39 is 0 Å². The molecule has 116 valence electrons. The second-order valence-corrected chi connectivity index (χ2v) is 7.03. The van der Waals surface area contributed by atoms with Crippen molar-refractivity contribution < 1.29 is 0 Å². The second kappa shape index (κ2) is 6.48. The summed E-state index contributed by atoms with van der Waals surface area (Å²) in [5, 5.41) is 7.55. The van der Waals surface area contributed by atoms with Gasteiger partial charge in [-0.25, -0.2) is 4.68 Å². The number of rotatable bonds is 5. The first-order chi connectivity index (χ1) is 10.2. The third kappa shape index (κ3) is 3.01. The summed E-state index contributed by atoms with van der Waals surface area (Å²) in [6.45, 7) is 2.63. The van der Waals surface area contributed by atoms with Gasteiger partial charge in [0.05, 0.1) is 10.7 Å². The summed E-state index contributed by atoms with van der Waals surface area (Å²) in [6.07, 6.45) is 7.81. The Morgan fingerprint density at radius 1 is 1.38 bits per heavy atom. The Kier molecular flexibility index (Phi) is 4.64. The van der Waals surface area contributed by atoms with Crippen molar-refractivity contribution in [3.05, 3.63) is 21.0 Å². The summed E-state index contributed by atoms with van der Waals surface area (Å²) in [5.74, 6) is 0.635. The molecule has 0 bridgehead atoms. The van der Waals surface area contributed by atoms with Crippen LogP contribution in [0.25, 0.3) is 0 Å². The monoisotopic (exact) mass is 354 g/mol. The molecule has 1 N–H and O–H groups in total. The maximum atomic E-state index is 12.8. The molecule has 1 unspecified atom stereocenters. The number of likely N-dealkylation sites (N-methyl/N-ethyl adjacent to an activating group) is 1. The van der Waals surface area contributed by atoms with Gasteiger partial charge in [0.1, 0.15) is 5.69 Å². The summed E-state index contributed by atoms with van der Waals surface area (Å²) < 4.78 is 2.49. The van der Waals surface area contributed by atoms with E-state index in [0.29, 0.717) is 12.0 Å². The Morgan fingerprint density at radius 3 is 2.86 bits per heavy atom. The average molecular weight is 355 g/mol. The molecule has 5 nitrogen and oxygen atoms in total. The van der Waals surface area contributed by atoms with Gasteiger partial charge in [-0.15, -0.1) is 0 Å². The van der Waals surface area contributed by atoms with Crippen LogP contribution in [0.5, 0.6) is 0 Å². The van der Waals surface area contributed by atoms with Crippen LogP contribution >= 0.6 is 15.9 Å². The molecule has 1 aliphatic carbocycles. The molecule has 1 saturated heterocycles. The van der Waals surface area contributed by atoms with E-state index in [1.54, 1.807) is 10.9 Å². The molecule has 2 aliphatic rings. The van der Waals surface area contributed by atoms with Crippen LogP contribution in [0.1, 0.15) is 32.1 Å². The number of nitrogens with zero attached hydrogens (tertiary/aromatic N) is 3. The largest absolute Gasteiger partial charge is 0.362 e. The lowest BCUT2D eigenvalue weighted by atomic mass is 9.85. The Bertz CT molecular complexity index is 555. The molecule has 0 aromatic carbocycles. The first-order valence-corrected chi connectivity index (χ1v) is 8.67. The SMILES string of the molecule is CNCC1CCCN1c1c(Br)cnn(CC2CCC2)c1=O. The van der Waals surface area contributed by atoms with E-state index >= 15 is 0 Å². The van der Waals surface area contributed by atoms with E-state index in [4.69, 9.17) is 0 Å². The minimum Gasteiger partial charge on any atom is -0.362 e. The number of hydrogen-bond donors (Lipinski definition) is 1. The van der Waals surface area contributed by atoms with Gasteiger partial charge in [0.2, 0.25) is 0 Å². The van der Waals surface area contributed by atoms with Crippen molar-refractivity contribution in [2.45, 2.75) is 44.7 Å². The minimum absolute atomic E-state index is 0.0549. The molecule has 6 heteroatoms. The molecular weight excluding hydrogens is 332 g/mol. The van der Waals surface area contributed by atoms with Crippen molar-refractivity contribution in [1.82, 2.24) is 15.1 Å². The van der Waals surface area contributed by atoms with E-state index in [2.05, 4.69) is 31.2 Å². The van der Waals surface area contributed by atoms with Crippen molar-refractivity contribution in [1.29, 1.82) is 0 Å². The summed E-state index contributed by atoms with van der Waals surface area (Å²) in [7, 11) is 1.97. The smallest absolute Gasteiger partial charge is 0.291 e. The molecule has 3 rings (SSSR count). The molecular formula is C15H23BrN4O. The lowest BCUT2D eigenvalue weighted by molar-refractivity contribution is 0.261. The average Bonchev–Trinajstić information content (AvgIpc) is 2.85. The Morgan fingerprint density at radius 2 is 2.19 bits per heavy atom. The maximum absolute atomic E-state index is 12.8. The summed E-state index contributed by atoms with van der Waals surface area (Å²) in [6, 6.07) is 0.401. The van der Waals surface area contributed by atoms with Crippen LogP contribution < -0.4 is 15.8 Å². The normalized spacial score (nSPS) is 22.6. The standard InChI is InChI=1S/C15H23BrN4O/c1-17-8-12-6-3-7-19(12)14-13(16)9-18-20(15(14)21)10-11-4-2-5-11/h9,11-12,17H,2-8,10H2,1H3. The van der Waals surface area contributed by atoms with E-state index in [0.717, 1.165) is 42.6 Å². The van der Waals surface area contributed by atoms with E-state index in [9.17, 15) is 4.79 Å². The minimum atomic E-state index is 0.0549. The lowest BCUT2D eigenvalue weighted by Crippen LogP contribution is -2.41. The predicted octanol–water partition coefficient (Wildman–Crippen LogP) is 1.99. The second-order valence-electron chi connectivity index (χ2n) is 6.17. The highest BCUT2D eigenvalue weighted by Crippen LogP contribution is 2.30. The van der Waals surface area contributed by atoms with Gasteiger partial charge in [-0.1, -0.05) is 6.42 Å². The van der Waals surface area contributed by atoms with Crippen molar-refractivity contribution in [3.63, 3.8) is 0 Å². The number of hydrogen-bond acceptors (Lipinski definition) is 4. The molecule has 0 radical (unpaired) electrons. The third-order valence-electron chi connectivity index (χ3n) is 4.73. The van der Waals surface area contributed by atoms with Crippen molar-refractivity contribution in [3.8, 4) is 0 Å². The van der Waals surface area contributed by atoms with Crippen LogP contribution in [0, 0.1) is 5.92 Å². The van der Waals surface area contributed by atoms with E-state index in [-0.39, 0.29) is 5.56 Å². The fourth-order valence-corrected chi connectivity index (χ4v) is 3.84. The van der Waals surface area contributed by atoms with Crippen molar-refractivity contribution in [2.24, 2.45) is 5.92 Å². The Balaban J connectivity index is 1.89. The topological polar surface area (TPSA) is 50.2 Å². The predicted molar refractivity (Wildman–Crippen MR) is 87.8 cm³/mol. The Labute approximate surface area is 133 Å². The summed E-state index contributed by atoms with van der Waals surface area (Å²) in [5.41, 5.74) is 0.848. The van der Waals surface area contributed by atoms with Gasteiger partial charge in [0, 0.05) is 25.7 Å². The van der Waals surface area contributed by atoms with E-state index in [1.165, 1.54) is 19.3 Å². The molecule has 1 saturated carbocycles. The van der Waals surface area contributed by atoms with Crippen molar-refractivity contribution in [2.75, 3.05) is 25.0 Å². The summed E-state index contributed by atoms with van der Waals surface area (Å²) in [4.78, 5) is 15.1. The van der Waals surface area contributed by atoms with Gasteiger partial charge in [-0.2, -0.15) is 5.10 Å². The highest BCUT2D eigenvalue weighted by molar-refractivity contribution is 9.10. The first-order valence-electron chi connectivity index (χ1n) is 7.87. The Hall–Kier alpha value is -0.880. The molecule has 0 amide bonds. The highest BCUT2D eigenvalue weighted by atomic mass is 79.9. The van der Waals surface area contributed by atoms with Gasteiger partial charge >= 0.3 is 0 Å². The number of nitrogens with one attached hydrogen (secondary N) is 1. The fraction of sp³-hybridized carbons (Fsp3) is 0.733. The molecule has 1 aromatic heterocycles. The van der Waals surface area contributed by atoms with Crippen LogP contribution in [0.4, 0.5) is 5.69 Å². The molecule has 2 fully saturated rings. The van der Waals surface area contributed by atoms with Gasteiger partial charge in [-0.3, -0.25) is 4.79 Å². The molecule has 0 spiro atoms. The number of halogens is 1. The fourth-order valence-electron chi connectivity index (χ4n) is 3.35. The quantitative estimate of drug-likeness (QED) is 0.878. The van der Waals surface area contributed by atoms with Gasteiger partial charge in [-0.05, 0) is 54.6 Å². The molecule has 1 atom stereocenters. The van der Waals surface area contributed by atoms with Crippen LogP contribution in [0.3, 0.4) is 0 Å². The zero-order chi connectivity index (χ0) is 14.8. The van der Waals surface area contributed by atoms with Crippen LogP contribution in [-0.2, 0) is 6.54 Å². The maximum Gasteiger partial charge on any atom is 0.291 e. The summed E-state index contributed by atoms with van der Waals surface area (Å²) >= 11 is 3.53. The van der Waals surface area contributed by atoms with Crippen molar-refractivity contribution >= 4 is 21.6 Å². The molecule has 1 aromatic rings. The lowest BCUT2D eigenvalue weighted by Gasteiger charge is -2.29. The van der Waals surface area contributed by atoms with E-state index in [1.807, 2.05) is 7.05 Å². The third-order valence-corrected chi connectivity index (χ3v) is 5.31. The zero-order valence-electron chi connectivity index (χ0n) is 12.5. The van der Waals surface area contributed by atoms with Crippen LogP contribution in [0.2, 0.25) is 0 Å². The number of aromatic nitrogens is 2. The number of anilines is 1. The first kappa shape index (κ1) is 15.0. The van der Waals surface area contributed by atoms with Crippen LogP contribution in [-0.4, -0.2) is 36.0 Å². The highest BCUT2D eigenvalue weighted by Gasteiger charge is 2.29. The van der Waals surface area contributed by atoms with Gasteiger partial charge in [0.25, 0.3) is 5.56 Å².